The van der Waals surface area contributed by atoms with E-state index in [2.05, 4.69) is 15.9 Å². The van der Waals surface area contributed by atoms with Gasteiger partial charge in [-0.1, -0.05) is 28.1 Å². The number of rotatable bonds is 0. The summed E-state index contributed by atoms with van der Waals surface area (Å²) in [6.45, 7) is 0. The molecule has 0 N–H and O–H groups in total. The predicted octanol–water partition coefficient (Wildman–Crippen LogP) is 2.94. The molecule has 0 saturated carbocycles. The minimum atomic E-state index is -1.88. The lowest BCUT2D eigenvalue weighted by molar-refractivity contribution is 0.910. The summed E-state index contributed by atoms with van der Waals surface area (Å²) in [5.41, 5.74) is 1.22. The second kappa shape index (κ2) is 2.39. The smallest absolute Gasteiger partial charge is 0.0316 e. The molecule has 0 saturated heterocycles. The monoisotopic (exact) mass is 200 g/mol. The van der Waals surface area contributed by atoms with E-state index in [-0.39, 0.29) is 6.42 Å². The van der Waals surface area contributed by atoms with Crippen molar-refractivity contribution in [3.8, 4) is 0 Å². The molecule has 0 amide bonds. The summed E-state index contributed by atoms with van der Waals surface area (Å²) >= 11 is 3.32. The highest BCUT2D eigenvalue weighted by Crippen LogP contribution is 2.28. The zero-order chi connectivity index (χ0) is 10.6. The van der Waals surface area contributed by atoms with Crippen LogP contribution in [0.5, 0.6) is 0 Å². The molecule has 0 heterocycles. The zero-order valence-corrected chi connectivity index (χ0v) is 6.90. The van der Waals surface area contributed by atoms with Gasteiger partial charge in [-0.05, 0) is 36.4 Å². The number of aryl methyl sites for hydroxylation is 1. The number of hydrogen-bond donors (Lipinski definition) is 0. The maximum absolute atomic E-state index is 7.74. The minimum absolute atomic E-state index is 0.136. The number of hydrogen-bond acceptors (Lipinski definition) is 0. The van der Waals surface area contributed by atoms with Gasteiger partial charge in [-0.25, -0.2) is 0 Å². The molecular formula is C9H9Br. The van der Waals surface area contributed by atoms with Crippen molar-refractivity contribution < 1.29 is 5.48 Å². The standard InChI is InChI=1S/C9H9Br/c10-9-6-2-4-7-3-1-5-8(7)9/h2,4,6H,1,3,5H2/i1D2,3D2. The third kappa shape index (κ3) is 0.891. The molecule has 1 aromatic carbocycles. The van der Waals surface area contributed by atoms with Gasteiger partial charge in [0.15, 0.2) is 0 Å². The molecule has 1 aliphatic carbocycles. The summed E-state index contributed by atoms with van der Waals surface area (Å²) in [4.78, 5) is 0. The van der Waals surface area contributed by atoms with Gasteiger partial charge in [0.2, 0.25) is 0 Å². The Balaban J connectivity index is 2.66. The van der Waals surface area contributed by atoms with Crippen molar-refractivity contribution in [2.75, 3.05) is 0 Å². The van der Waals surface area contributed by atoms with Crippen LogP contribution in [0.25, 0.3) is 0 Å². The van der Waals surface area contributed by atoms with Crippen LogP contribution in [-0.4, -0.2) is 0 Å². The fraction of sp³-hybridized carbons (Fsp3) is 0.333. The summed E-state index contributed by atoms with van der Waals surface area (Å²) in [6.07, 6.45) is -3.55. The topological polar surface area (TPSA) is 0 Å². The first-order valence-electron chi connectivity index (χ1n) is 5.14. The zero-order valence-electron chi connectivity index (χ0n) is 9.32. The highest BCUT2D eigenvalue weighted by atomic mass is 79.9. The van der Waals surface area contributed by atoms with Gasteiger partial charge in [-0.2, -0.15) is 0 Å². The molecule has 0 aromatic heterocycles. The SMILES string of the molecule is [2H]C1([2H])Cc2c(Br)cccc2C1([2H])[2H]. The molecule has 0 atom stereocenters. The molecule has 1 aliphatic rings. The van der Waals surface area contributed by atoms with Crippen molar-refractivity contribution in [2.24, 2.45) is 0 Å². The highest BCUT2D eigenvalue weighted by Gasteiger charge is 2.11. The summed E-state index contributed by atoms with van der Waals surface area (Å²) in [7, 11) is 0. The van der Waals surface area contributed by atoms with Gasteiger partial charge in [0, 0.05) is 9.96 Å². The van der Waals surface area contributed by atoms with Crippen molar-refractivity contribution in [1.29, 1.82) is 0 Å². The molecule has 2 rings (SSSR count). The number of halogens is 1. The van der Waals surface area contributed by atoms with Gasteiger partial charge in [0.1, 0.15) is 0 Å². The van der Waals surface area contributed by atoms with E-state index < -0.39 is 12.7 Å². The molecule has 0 radical (unpaired) electrons. The minimum Gasteiger partial charge on any atom is -0.0609 e. The Morgan fingerprint density at radius 2 is 2.40 bits per heavy atom. The molecule has 0 aliphatic heterocycles. The summed E-state index contributed by atoms with van der Waals surface area (Å²) in [5.74, 6) is 0. The van der Waals surface area contributed by atoms with E-state index in [0.29, 0.717) is 5.56 Å². The molecule has 52 valence electrons. The predicted molar refractivity (Wildman–Crippen MR) is 46.2 cm³/mol. The van der Waals surface area contributed by atoms with Crippen LogP contribution in [0, 0.1) is 0 Å². The van der Waals surface area contributed by atoms with E-state index in [1.807, 2.05) is 6.07 Å². The van der Waals surface area contributed by atoms with Crippen LogP contribution < -0.4 is 0 Å². The average Bonchev–Trinajstić information content (AvgIpc) is 2.24. The second-order valence-electron chi connectivity index (χ2n) is 2.24. The fourth-order valence-electron chi connectivity index (χ4n) is 1.08. The molecule has 10 heavy (non-hydrogen) atoms. The summed E-state index contributed by atoms with van der Waals surface area (Å²) in [6, 6.07) is 5.21. The molecule has 0 bridgehead atoms. The Labute approximate surface area is 75.0 Å². The van der Waals surface area contributed by atoms with E-state index in [4.69, 9.17) is 5.48 Å². The Morgan fingerprint density at radius 3 is 3.20 bits per heavy atom. The van der Waals surface area contributed by atoms with Crippen molar-refractivity contribution in [2.45, 2.75) is 19.2 Å². The lowest BCUT2D eigenvalue weighted by Crippen LogP contribution is -1.81. The first-order valence-corrected chi connectivity index (χ1v) is 3.93. The Kier molecular flexibility index (Phi) is 0.811. The van der Waals surface area contributed by atoms with Gasteiger partial charge in [-0.3, -0.25) is 0 Å². The summed E-state index contributed by atoms with van der Waals surface area (Å²) < 4.78 is 31.6. The van der Waals surface area contributed by atoms with Crippen LogP contribution in [0.4, 0.5) is 0 Å². The van der Waals surface area contributed by atoms with E-state index in [0.717, 1.165) is 10.0 Å². The van der Waals surface area contributed by atoms with Crippen molar-refractivity contribution in [1.82, 2.24) is 0 Å². The van der Waals surface area contributed by atoms with Crippen LogP contribution >= 0.6 is 15.9 Å². The fourth-order valence-corrected chi connectivity index (χ4v) is 1.59. The maximum atomic E-state index is 7.74. The Hall–Kier alpha value is -0.300. The first kappa shape index (κ1) is 3.40. The molecule has 0 unspecified atom stereocenters. The normalized spacial score (nSPS) is 31.3. The number of benzene rings is 1. The van der Waals surface area contributed by atoms with Crippen LogP contribution in [0.2, 0.25) is 0 Å². The second-order valence-corrected chi connectivity index (χ2v) is 3.10. The van der Waals surface area contributed by atoms with Crippen LogP contribution in [-0.2, 0) is 12.8 Å². The van der Waals surface area contributed by atoms with Crippen molar-refractivity contribution >= 4 is 15.9 Å². The molecular weight excluding hydrogens is 188 g/mol. The average molecular weight is 201 g/mol. The quantitative estimate of drug-likeness (QED) is 0.605. The molecule has 1 aromatic rings. The number of fused-ring (bicyclic) bond motifs is 1. The third-order valence-corrected chi connectivity index (χ3v) is 2.35. The maximum Gasteiger partial charge on any atom is 0.0316 e. The highest BCUT2D eigenvalue weighted by molar-refractivity contribution is 9.10. The Bertz CT molecular complexity index is 386. The largest absolute Gasteiger partial charge is 0.0609 e. The lowest BCUT2D eigenvalue weighted by atomic mass is 10.1. The van der Waals surface area contributed by atoms with Gasteiger partial charge in [-0.15, -0.1) is 0 Å². The van der Waals surface area contributed by atoms with Crippen LogP contribution in [0.1, 0.15) is 23.0 Å². The van der Waals surface area contributed by atoms with Crippen LogP contribution in [0.15, 0.2) is 22.7 Å². The summed E-state index contributed by atoms with van der Waals surface area (Å²) in [5, 5.41) is 0. The van der Waals surface area contributed by atoms with Gasteiger partial charge < -0.3 is 0 Å². The van der Waals surface area contributed by atoms with Gasteiger partial charge in [0.05, 0.1) is 0 Å². The van der Waals surface area contributed by atoms with E-state index in [9.17, 15) is 0 Å². The van der Waals surface area contributed by atoms with Gasteiger partial charge in [0.25, 0.3) is 0 Å². The van der Waals surface area contributed by atoms with Crippen molar-refractivity contribution in [3.05, 3.63) is 33.8 Å². The van der Waals surface area contributed by atoms with Crippen LogP contribution in [0.3, 0.4) is 0 Å². The first-order chi connectivity index (χ1) is 6.36. The van der Waals surface area contributed by atoms with E-state index in [1.165, 1.54) is 0 Å². The molecule has 1 heteroatoms. The van der Waals surface area contributed by atoms with E-state index in [1.54, 1.807) is 12.1 Å². The Morgan fingerprint density at radius 1 is 1.50 bits per heavy atom. The molecule has 0 spiro atoms. The molecule has 0 nitrogen and oxygen atoms in total. The van der Waals surface area contributed by atoms with Gasteiger partial charge >= 0.3 is 0 Å². The third-order valence-electron chi connectivity index (χ3n) is 1.61. The molecule has 0 fully saturated rings. The lowest BCUT2D eigenvalue weighted by Gasteiger charge is -1.99. The van der Waals surface area contributed by atoms with Crippen molar-refractivity contribution in [3.63, 3.8) is 0 Å². The van der Waals surface area contributed by atoms with E-state index >= 15 is 0 Å².